The van der Waals surface area contributed by atoms with E-state index in [0.717, 1.165) is 50.8 Å². The fourth-order valence-corrected chi connectivity index (χ4v) is 3.30. The van der Waals surface area contributed by atoms with E-state index in [1.54, 1.807) is 0 Å². The number of carbonyl (C=O) groups excluding carboxylic acids is 1. The van der Waals surface area contributed by atoms with Crippen LogP contribution in [0.25, 0.3) is 0 Å². The number of anilines is 1. The van der Waals surface area contributed by atoms with Crippen LogP contribution in [0, 0.1) is 5.41 Å². The minimum atomic E-state index is -0.266. The molecule has 1 fully saturated rings. The third-order valence-corrected chi connectivity index (χ3v) is 4.76. The van der Waals surface area contributed by atoms with E-state index in [2.05, 4.69) is 18.2 Å². The number of aryl methyl sites for hydroxylation is 1. The number of fused-ring (bicyclic) bond motifs is 1. The number of rotatable bonds is 2. The van der Waals surface area contributed by atoms with Gasteiger partial charge in [0.25, 0.3) is 0 Å². The predicted molar refractivity (Wildman–Crippen MR) is 77.1 cm³/mol. The van der Waals surface area contributed by atoms with Gasteiger partial charge in [-0.3, -0.25) is 4.79 Å². The number of nitrogens with zero attached hydrogens (tertiary/aromatic N) is 1. The van der Waals surface area contributed by atoms with Gasteiger partial charge in [0, 0.05) is 18.8 Å². The number of amides is 1. The largest absolute Gasteiger partial charge is 0.329 e. The van der Waals surface area contributed by atoms with Crippen molar-refractivity contribution in [3.8, 4) is 0 Å². The van der Waals surface area contributed by atoms with Crippen molar-refractivity contribution in [2.45, 2.75) is 38.5 Å². The summed E-state index contributed by atoms with van der Waals surface area (Å²) in [5.41, 5.74) is 8.04. The molecule has 2 aliphatic rings. The van der Waals surface area contributed by atoms with Crippen LogP contribution in [0.1, 0.15) is 37.7 Å². The quantitative estimate of drug-likeness (QED) is 0.886. The normalized spacial score (nSPS) is 21.2. The van der Waals surface area contributed by atoms with E-state index in [1.165, 1.54) is 5.56 Å². The summed E-state index contributed by atoms with van der Waals surface area (Å²) >= 11 is 0. The highest BCUT2D eigenvalue weighted by atomic mass is 16.2. The second-order valence-electron chi connectivity index (χ2n) is 5.88. The minimum absolute atomic E-state index is 0.260. The molecule has 0 atom stereocenters. The van der Waals surface area contributed by atoms with Gasteiger partial charge in [-0.2, -0.15) is 0 Å². The van der Waals surface area contributed by atoms with Crippen molar-refractivity contribution >= 4 is 11.6 Å². The van der Waals surface area contributed by atoms with E-state index in [1.807, 2.05) is 11.0 Å². The maximum atomic E-state index is 12.9. The highest BCUT2D eigenvalue weighted by molar-refractivity contribution is 5.99. The van der Waals surface area contributed by atoms with Gasteiger partial charge >= 0.3 is 0 Å². The van der Waals surface area contributed by atoms with Crippen LogP contribution in [0.4, 0.5) is 5.69 Å². The molecule has 3 rings (SSSR count). The zero-order valence-corrected chi connectivity index (χ0v) is 11.4. The summed E-state index contributed by atoms with van der Waals surface area (Å²) < 4.78 is 0. The second-order valence-corrected chi connectivity index (χ2v) is 5.88. The molecular weight excluding hydrogens is 236 g/mol. The topological polar surface area (TPSA) is 46.3 Å². The van der Waals surface area contributed by atoms with Gasteiger partial charge in [0.1, 0.15) is 0 Å². The third-order valence-electron chi connectivity index (χ3n) is 4.76. The Morgan fingerprint density at radius 1 is 1.21 bits per heavy atom. The molecule has 1 aliphatic carbocycles. The summed E-state index contributed by atoms with van der Waals surface area (Å²) in [5, 5.41) is 0. The molecule has 0 saturated heterocycles. The first-order valence-electron chi connectivity index (χ1n) is 7.37. The van der Waals surface area contributed by atoms with Crippen LogP contribution < -0.4 is 10.6 Å². The summed E-state index contributed by atoms with van der Waals surface area (Å²) in [6.45, 7) is 1.34. The maximum absolute atomic E-state index is 12.9. The Balaban J connectivity index is 1.94. The molecule has 3 nitrogen and oxygen atoms in total. The molecule has 1 saturated carbocycles. The number of benzene rings is 1. The Kier molecular flexibility index (Phi) is 3.31. The first-order valence-corrected chi connectivity index (χ1v) is 7.37. The van der Waals surface area contributed by atoms with Gasteiger partial charge in [0.2, 0.25) is 5.91 Å². The predicted octanol–water partition coefficient (Wildman–Crippen LogP) is 2.48. The molecule has 3 heteroatoms. The molecule has 1 amide bonds. The lowest BCUT2D eigenvalue weighted by molar-refractivity contribution is -0.132. The number of carbonyl (C=O) groups is 1. The first-order chi connectivity index (χ1) is 9.27. The first kappa shape index (κ1) is 12.7. The lowest BCUT2D eigenvalue weighted by Gasteiger charge is -2.42. The average molecular weight is 258 g/mol. The van der Waals surface area contributed by atoms with E-state index in [0.29, 0.717) is 6.54 Å². The summed E-state index contributed by atoms with van der Waals surface area (Å²) in [7, 11) is 0. The Hall–Kier alpha value is -1.35. The van der Waals surface area contributed by atoms with Gasteiger partial charge in [-0.15, -0.1) is 0 Å². The molecule has 1 aliphatic heterocycles. The monoisotopic (exact) mass is 258 g/mol. The van der Waals surface area contributed by atoms with Crippen LogP contribution in [-0.2, 0) is 11.2 Å². The summed E-state index contributed by atoms with van der Waals surface area (Å²) in [5.74, 6) is 0.260. The Morgan fingerprint density at radius 2 is 2.00 bits per heavy atom. The van der Waals surface area contributed by atoms with Crippen LogP contribution in [0.15, 0.2) is 24.3 Å². The molecule has 19 heavy (non-hydrogen) atoms. The van der Waals surface area contributed by atoms with Gasteiger partial charge in [-0.05, 0) is 43.7 Å². The number of nitrogens with two attached hydrogens (primary N) is 1. The molecule has 1 heterocycles. The van der Waals surface area contributed by atoms with Crippen molar-refractivity contribution in [2.75, 3.05) is 18.0 Å². The molecule has 1 aromatic carbocycles. The Morgan fingerprint density at radius 3 is 2.68 bits per heavy atom. The smallest absolute Gasteiger partial charge is 0.234 e. The van der Waals surface area contributed by atoms with Crippen LogP contribution >= 0.6 is 0 Å². The zero-order chi connectivity index (χ0) is 13.3. The number of hydrogen-bond donors (Lipinski definition) is 1. The molecule has 1 aromatic rings. The molecule has 2 N–H and O–H groups in total. The SMILES string of the molecule is NCC1(C(=O)N2CCCCc3ccccc32)CCC1. The van der Waals surface area contributed by atoms with Crippen molar-refractivity contribution < 1.29 is 4.79 Å². The van der Waals surface area contributed by atoms with Gasteiger partial charge in [0.15, 0.2) is 0 Å². The Bertz CT molecular complexity index is 474. The average Bonchev–Trinajstić information content (AvgIpc) is 2.60. The zero-order valence-electron chi connectivity index (χ0n) is 11.4. The van der Waals surface area contributed by atoms with Crippen molar-refractivity contribution in [2.24, 2.45) is 11.1 Å². The van der Waals surface area contributed by atoms with Crippen LogP contribution in [-0.4, -0.2) is 19.0 Å². The number of para-hydroxylation sites is 1. The fraction of sp³-hybridized carbons (Fsp3) is 0.562. The summed E-state index contributed by atoms with van der Waals surface area (Å²) in [4.78, 5) is 14.9. The summed E-state index contributed by atoms with van der Waals surface area (Å²) in [6.07, 6.45) is 6.38. The molecule has 0 aromatic heterocycles. The Labute approximate surface area is 114 Å². The third kappa shape index (κ3) is 2.06. The molecule has 0 radical (unpaired) electrons. The molecule has 102 valence electrons. The summed E-state index contributed by atoms with van der Waals surface area (Å²) in [6, 6.07) is 8.33. The maximum Gasteiger partial charge on any atom is 0.234 e. The van der Waals surface area contributed by atoms with Crippen molar-refractivity contribution in [3.63, 3.8) is 0 Å². The van der Waals surface area contributed by atoms with E-state index < -0.39 is 0 Å². The van der Waals surface area contributed by atoms with Crippen molar-refractivity contribution in [1.29, 1.82) is 0 Å². The van der Waals surface area contributed by atoms with E-state index in [4.69, 9.17) is 5.73 Å². The minimum Gasteiger partial charge on any atom is -0.329 e. The van der Waals surface area contributed by atoms with E-state index >= 15 is 0 Å². The highest BCUT2D eigenvalue weighted by Gasteiger charge is 2.45. The van der Waals surface area contributed by atoms with Crippen molar-refractivity contribution in [1.82, 2.24) is 0 Å². The molecule has 0 spiro atoms. The van der Waals surface area contributed by atoms with Gasteiger partial charge in [-0.25, -0.2) is 0 Å². The highest BCUT2D eigenvalue weighted by Crippen LogP contribution is 2.43. The van der Waals surface area contributed by atoms with E-state index in [9.17, 15) is 4.79 Å². The lowest BCUT2D eigenvalue weighted by Crippen LogP contribution is -2.52. The van der Waals surface area contributed by atoms with Gasteiger partial charge in [-0.1, -0.05) is 24.6 Å². The lowest BCUT2D eigenvalue weighted by atomic mass is 9.67. The van der Waals surface area contributed by atoms with Crippen LogP contribution in [0.5, 0.6) is 0 Å². The fourth-order valence-electron chi connectivity index (χ4n) is 3.30. The van der Waals surface area contributed by atoms with Crippen molar-refractivity contribution in [3.05, 3.63) is 29.8 Å². The standard InChI is InChI=1S/C16H22N2O/c17-12-16(9-5-10-16)15(19)18-11-4-3-7-13-6-1-2-8-14(13)18/h1-2,6,8H,3-5,7,9-12,17H2. The molecular formula is C16H22N2O. The van der Waals surface area contributed by atoms with Crippen LogP contribution in [0.3, 0.4) is 0 Å². The van der Waals surface area contributed by atoms with Gasteiger partial charge in [0.05, 0.1) is 5.41 Å². The number of hydrogen-bond acceptors (Lipinski definition) is 2. The van der Waals surface area contributed by atoms with Crippen LogP contribution in [0.2, 0.25) is 0 Å². The van der Waals surface area contributed by atoms with Gasteiger partial charge < -0.3 is 10.6 Å². The molecule has 0 bridgehead atoms. The van der Waals surface area contributed by atoms with E-state index in [-0.39, 0.29) is 11.3 Å². The second kappa shape index (κ2) is 4.97. The molecule has 0 unspecified atom stereocenters.